The van der Waals surface area contributed by atoms with Gasteiger partial charge >= 0.3 is 0 Å². The summed E-state index contributed by atoms with van der Waals surface area (Å²) in [5.74, 6) is -1.08. The molecule has 0 radical (unpaired) electrons. The number of benzene rings is 1. The first-order valence-corrected chi connectivity index (χ1v) is 5.63. The van der Waals surface area contributed by atoms with Crippen molar-refractivity contribution in [3.63, 3.8) is 0 Å². The second-order valence-corrected chi connectivity index (χ2v) is 4.50. The molecule has 0 fully saturated rings. The molecule has 9 heteroatoms. The number of primary sulfonamides is 1. The van der Waals surface area contributed by atoms with Crippen LogP contribution in [0.4, 0.5) is 0 Å². The fraction of sp³-hybridized carbons (Fsp3) is 0. The van der Waals surface area contributed by atoms with Crippen LogP contribution in [0.15, 0.2) is 29.2 Å². The van der Waals surface area contributed by atoms with Crippen molar-refractivity contribution in [1.82, 2.24) is 5.32 Å². The van der Waals surface area contributed by atoms with Gasteiger partial charge in [0.15, 0.2) is 5.96 Å². The minimum atomic E-state index is -3.77. The number of sulfonamides is 1. The number of nitrogens with one attached hydrogen (secondary N) is 2. The van der Waals surface area contributed by atoms with Crippen LogP contribution in [0.2, 0.25) is 0 Å². The van der Waals surface area contributed by atoms with Crippen molar-refractivity contribution in [3.05, 3.63) is 29.8 Å². The maximum atomic E-state index is 11.3. The quantitative estimate of drug-likeness (QED) is 0.423. The summed E-state index contributed by atoms with van der Waals surface area (Å²) in [7, 11) is -3.77. The van der Waals surface area contributed by atoms with Crippen LogP contribution in [0.5, 0.6) is 0 Å². The van der Waals surface area contributed by atoms with Gasteiger partial charge < -0.3 is 5.73 Å². The smallest absolute Gasteiger partial charge is 0.257 e. The molecule has 17 heavy (non-hydrogen) atoms. The lowest BCUT2D eigenvalue weighted by molar-refractivity contribution is 0.0976. The molecule has 0 bridgehead atoms. The molecule has 0 aliphatic heterocycles. The first-order chi connectivity index (χ1) is 7.30. The zero-order valence-electron chi connectivity index (χ0n) is 8.51. The first-order valence-electron chi connectivity index (χ1n) is 4.09. The van der Waals surface area contributed by atoms with Crippen LogP contribution in [0, 0.1) is 5.41 Å². The number of carbonyl (C=O) groups excluding carboxylic acids is 1. The van der Waals surface area contributed by atoms with Crippen LogP contribution >= 0.6 is 12.4 Å². The van der Waals surface area contributed by atoms with Crippen LogP contribution in [-0.2, 0) is 10.0 Å². The van der Waals surface area contributed by atoms with Crippen molar-refractivity contribution in [2.45, 2.75) is 4.90 Å². The number of halogens is 1. The van der Waals surface area contributed by atoms with Crippen molar-refractivity contribution in [2.75, 3.05) is 0 Å². The molecule has 1 aromatic carbocycles. The van der Waals surface area contributed by atoms with Crippen LogP contribution in [0.25, 0.3) is 0 Å². The summed E-state index contributed by atoms with van der Waals surface area (Å²) in [5, 5.41) is 13.8. The number of hydrogen-bond acceptors (Lipinski definition) is 4. The number of guanidine groups is 1. The van der Waals surface area contributed by atoms with Crippen molar-refractivity contribution >= 4 is 34.3 Å². The molecule has 0 unspecified atom stereocenters. The van der Waals surface area contributed by atoms with Gasteiger partial charge in [0.1, 0.15) is 0 Å². The Labute approximate surface area is 104 Å². The topological polar surface area (TPSA) is 139 Å². The molecule has 1 amide bonds. The second kappa shape index (κ2) is 5.62. The van der Waals surface area contributed by atoms with Crippen molar-refractivity contribution in [2.24, 2.45) is 10.9 Å². The van der Waals surface area contributed by atoms with Crippen molar-refractivity contribution < 1.29 is 13.2 Å². The number of nitrogens with two attached hydrogens (primary N) is 2. The molecule has 0 spiro atoms. The van der Waals surface area contributed by atoms with E-state index in [0.717, 1.165) is 0 Å². The Bertz CT molecular complexity index is 526. The highest BCUT2D eigenvalue weighted by Crippen LogP contribution is 2.08. The van der Waals surface area contributed by atoms with E-state index in [-0.39, 0.29) is 22.9 Å². The summed E-state index contributed by atoms with van der Waals surface area (Å²) in [4.78, 5) is 11.2. The molecule has 0 heterocycles. The van der Waals surface area contributed by atoms with E-state index < -0.39 is 21.9 Å². The van der Waals surface area contributed by atoms with Gasteiger partial charge in [0, 0.05) is 5.56 Å². The molecule has 1 rings (SSSR count). The fourth-order valence-electron chi connectivity index (χ4n) is 0.990. The lowest BCUT2D eigenvalue weighted by atomic mass is 10.2. The minimum Gasteiger partial charge on any atom is -0.370 e. The molecule has 94 valence electrons. The lowest BCUT2D eigenvalue weighted by Crippen LogP contribution is -2.35. The summed E-state index contributed by atoms with van der Waals surface area (Å²) < 4.78 is 21.8. The third-order valence-electron chi connectivity index (χ3n) is 1.69. The first kappa shape index (κ1) is 15.4. The summed E-state index contributed by atoms with van der Waals surface area (Å²) >= 11 is 0. The SMILES string of the molecule is Cl.N=C(N)NC(=O)c1ccc(S(N)(=O)=O)cc1. The monoisotopic (exact) mass is 278 g/mol. The predicted molar refractivity (Wildman–Crippen MR) is 64.4 cm³/mol. The van der Waals surface area contributed by atoms with Gasteiger partial charge in [0.2, 0.25) is 10.0 Å². The normalized spacial score (nSPS) is 10.2. The highest BCUT2D eigenvalue weighted by molar-refractivity contribution is 7.89. The number of amides is 1. The maximum Gasteiger partial charge on any atom is 0.257 e. The zero-order valence-corrected chi connectivity index (χ0v) is 10.1. The van der Waals surface area contributed by atoms with Crippen LogP contribution in [0.3, 0.4) is 0 Å². The Kier molecular flexibility index (Phi) is 5.08. The standard InChI is InChI=1S/C8H10N4O3S.ClH/c9-8(10)12-7(13)5-1-3-6(4-2-5)16(11,14)15;/h1-4H,(H2,11,14,15)(H4,9,10,12,13);1H. The van der Waals surface area contributed by atoms with Gasteiger partial charge in [0.25, 0.3) is 5.91 Å². The number of carbonyl (C=O) groups is 1. The van der Waals surface area contributed by atoms with E-state index >= 15 is 0 Å². The van der Waals surface area contributed by atoms with E-state index in [4.69, 9.17) is 16.3 Å². The van der Waals surface area contributed by atoms with E-state index in [0.29, 0.717) is 0 Å². The molecule has 0 aliphatic rings. The van der Waals surface area contributed by atoms with E-state index in [1.54, 1.807) is 0 Å². The maximum absolute atomic E-state index is 11.3. The predicted octanol–water partition coefficient (Wildman–Crippen LogP) is -0.621. The molecule has 0 aliphatic carbocycles. The molecule has 7 nitrogen and oxygen atoms in total. The third-order valence-corrected chi connectivity index (χ3v) is 2.62. The lowest BCUT2D eigenvalue weighted by Gasteiger charge is -2.03. The van der Waals surface area contributed by atoms with Crippen LogP contribution in [-0.4, -0.2) is 20.3 Å². The Morgan fingerprint density at radius 3 is 2.06 bits per heavy atom. The number of rotatable bonds is 2. The molecule has 1 aromatic rings. The van der Waals surface area contributed by atoms with Crippen LogP contribution < -0.4 is 16.2 Å². The Morgan fingerprint density at radius 1 is 1.24 bits per heavy atom. The summed E-state index contributed by atoms with van der Waals surface area (Å²) in [6.45, 7) is 0. The average Bonchev–Trinajstić information content (AvgIpc) is 2.15. The van der Waals surface area contributed by atoms with Crippen molar-refractivity contribution in [1.29, 1.82) is 5.41 Å². The Balaban J connectivity index is 0.00000256. The average molecular weight is 279 g/mol. The molecule has 6 N–H and O–H groups in total. The zero-order chi connectivity index (χ0) is 12.3. The van der Waals surface area contributed by atoms with Gasteiger partial charge in [-0.05, 0) is 24.3 Å². The minimum absolute atomic E-state index is 0. The van der Waals surface area contributed by atoms with Gasteiger partial charge in [-0.3, -0.25) is 15.5 Å². The third kappa shape index (κ3) is 4.39. The van der Waals surface area contributed by atoms with Gasteiger partial charge in [-0.1, -0.05) is 0 Å². The van der Waals surface area contributed by atoms with Gasteiger partial charge in [-0.25, -0.2) is 13.6 Å². The summed E-state index contributed by atoms with van der Waals surface area (Å²) in [6, 6.07) is 4.95. The van der Waals surface area contributed by atoms with E-state index in [9.17, 15) is 13.2 Å². The molecule has 0 saturated carbocycles. The van der Waals surface area contributed by atoms with E-state index in [1.165, 1.54) is 24.3 Å². The fourth-order valence-corrected chi connectivity index (χ4v) is 1.51. The van der Waals surface area contributed by atoms with Gasteiger partial charge in [-0.2, -0.15) is 0 Å². The highest BCUT2D eigenvalue weighted by atomic mass is 35.5. The van der Waals surface area contributed by atoms with Crippen LogP contribution in [0.1, 0.15) is 10.4 Å². The van der Waals surface area contributed by atoms with E-state index in [1.807, 2.05) is 0 Å². The molecule has 0 aromatic heterocycles. The summed E-state index contributed by atoms with van der Waals surface area (Å²) in [6.07, 6.45) is 0. The highest BCUT2D eigenvalue weighted by Gasteiger charge is 2.10. The molecule has 0 saturated heterocycles. The molecular weight excluding hydrogens is 268 g/mol. The summed E-state index contributed by atoms with van der Waals surface area (Å²) in [5.41, 5.74) is 5.15. The van der Waals surface area contributed by atoms with Gasteiger partial charge in [0.05, 0.1) is 4.90 Å². The van der Waals surface area contributed by atoms with E-state index in [2.05, 4.69) is 5.32 Å². The molecule has 0 atom stereocenters. The largest absolute Gasteiger partial charge is 0.370 e. The van der Waals surface area contributed by atoms with Gasteiger partial charge in [-0.15, -0.1) is 12.4 Å². The Morgan fingerprint density at radius 2 is 1.71 bits per heavy atom. The number of hydrogen-bond donors (Lipinski definition) is 4. The molecular formula is C8H11ClN4O3S. The Hall–Kier alpha value is -1.64. The second-order valence-electron chi connectivity index (χ2n) is 2.94. The van der Waals surface area contributed by atoms with Crippen molar-refractivity contribution in [3.8, 4) is 0 Å².